The number of hydrogen-bond donors (Lipinski definition) is 1. The van der Waals surface area contributed by atoms with Crippen molar-refractivity contribution in [1.29, 1.82) is 0 Å². The van der Waals surface area contributed by atoms with Gasteiger partial charge in [0.05, 0.1) is 0 Å². The summed E-state index contributed by atoms with van der Waals surface area (Å²) >= 11 is 0. The summed E-state index contributed by atoms with van der Waals surface area (Å²) in [6.07, 6.45) is 7.86. The maximum absolute atomic E-state index is 3.29. The van der Waals surface area contributed by atoms with E-state index in [0.717, 1.165) is 5.92 Å². The molecular formula is C8H13N. The summed E-state index contributed by atoms with van der Waals surface area (Å²) in [5.41, 5.74) is 1.68. The summed E-state index contributed by atoms with van der Waals surface area (Å²) in [6.45, 7) is 1.20. The highest BCUT2D eigenvalue weighted by molar-refractivity contribution is 5.12. The Morgan fingerprint density at radius 1 is 1.44 bits per heavy atom. The maximum atomic E-state index is 3.29. The van der Waals surface area contributed by atoms with Gasteiger partial charge in [-0.2, -0.15) is 0 Å². The van der Waals surface area contributed by atoms with Gasteiger partial charge in [-0.25, -0.2) is 0 Å². The summed E-state index contributed by atoms with van der Waals surface area (Å²) < 4.78 is 0. The van der Waals surface area contributed by atoms with Crippen LogP contribution in [0, 0.1) is 5.92 Å². The molecule has 1 N–H and O–H groups in total. The van der Waals surface area contributed by atoms with Crippen LogP contribution >= 0.6 is 0 Å². The van der Waals surface area contributed by atoms with E-state index in [1.807, 2.05) is 0 Å². The van der Waals surface area contributed by atoms with E-state index in [4.69, 9.17) is 0 Å². The van der Waals surface area contributed by atoms with Crippen LogP contribution in [0.3, 0.4) is 0 Å². The molecule has 0 aromatic carbocycles. The first-order valence-electron chi connectivity index (χ1n) is 3.89. The van der Waals surface area contributed by atoms with Gasteiger partial charge in [-0.1, -0.05) is 5.57 Å². The van der Waals surface area contributed by atoms with Crippen LogP contribution in [0.1, 0.15) is 25.7 Å². The second-order valence-corrected chi connectivity index (χ2v) is 3.05. The van der Waals surface area contributed by atoms with E-state index in [2.05, 4.69) is 11.5 Å². The van der Waals surface area contributed by atoms with Gasteiger partial charge in [-0.3, -0.25) is 0 Å². The number of fused-ring (bicyclic) bond motifs is 1. The monoisotopic (exact) mass is 123 g/mol. The second-order valence-electron chi connectivity index (χ2n) is 3.05. The highest BCUT2D eigenvalue weighted by Gasteiger charge is 2.21. The lowest BCUT2D eigenvalue weighted by atomic mass is 9.98. The minimum absolute atomic E-state index is 0.964. The normalized spacial score (nSPS) is 32.9. The zero-order chi connectivity index (χ0) is 6.10. The molecule has 0 aromatic heterocycles. The van der Waals surface area contributed by atoms with Crippen molar-refractivity contribution in [1.82, 2.24) is 5.32 Å². The fraction of sp³-hybridized carbons (Fsp3) is 0.750. The molecule has 1 saturated carbocycles. The first-order chi connectivity index (χ1) is 4.47. The average Bonchev–Trinajstić information content (AvgIpc) is 2.33. The SMILES string of the molecule is C1=C2CCCC2CCN1. The quantitative estimate of drug-likeness (QED) is 0.516. The fourth-order valence-corrected chi connectivity index (χ4v) is 1.92. The van der Waals surface area contributed by atoms with Gasteiger partial charge >= 0.3 is 0 Å². The van der Waals surface area contributed by atoms with E-state index in [-0.39, 0.29) is 0 Å². The third kappa shape index (κ3) is 0.846. The Labute approximate surface area is 56.1 Å². The van der Waals surface area contributed by atoms with Gasteiger partial charge in [-0.15, -0.1) is 0 Å². The van der Waals surface area contributed by atoms with E-state index in [9.17, 15) is 0 Å². The van der Waals surface area contributed by atoms with Gasteiger partial charge in [0, 0.05) is 6.54 Å². The van der Waals surface area contributed by atoms with Gasteiger partial charge < -0.3 is 5.32 Å². The Hall–Kier alpha value is -0.460. The van der Waals surface area contributed by atoms with E-state index >= 15 is 0 Å². The lowest BCUT2D eigenvalue weighted by Crippen LogP contribution is -2.18. The molecule has 1 fully saturated rings. The molecule has 1 unspecified atom stereocenters. The average molecular weight is 123 g/mol. The highest BCUT2D eigenvalue weighted by atomic mass is 14.8. The lowest BCUT2D eigenvalue weighted by molar-refractivity contribution is 0.532. The Morgan fingerprint density at radius 3 is 3.33 bits per heavy atom. The minimum atomic E-state index is 0.964. The van der Waals surface area contributed by atoms with Crippen LogP contribution in [0.5, 0.6) is 0 Å². The molecule has 1 aliphatic carbocycles. The van der Waals surface area contributed by atoms with Crippen molar-refractivity contribution in [2.45, 2.75) is 25.7 Å². The molecule has 0 amide bonds. The van der Waals surface area contributed by atoms with Crippen molar-refractivity contribution < 1.29 is 0 Å². The highest BCUT2D eigenvalue weighted by Crippen LogP contribution is 2.34. The molecule has 1 aliphatic heterocycles. The van der Waals surface area contributed by atoms with Crippen LogP contribution in [0.4, 0.5) is 0 Å². The van der Waals surface area contributed by atoms with Gasteiger partial charge in [0.25, 0.3) is 0 Å². The van der Waals surface area contributed by atoms with Crippen molar-refractivity contribution in [3.63, 3.8) is 0 Å². The second kappa shape index (κ2) is 2.05. The summed E-state index contributed by atoms with van der Waals surface area (Å²) in [4.78, 5) is 0. The van der Waals surface area contributed by atoms with Crippen molar-refractivity contribution in [3.05, 3.63) is 11.8 Å². The number of hydrogen-bond acceptors (Lipinski definition) is 1. The van der Waals surface area contributed by atoms with Crippen LogP contribution < -0.4 is 5.32 Å². The van der Waals surface area contributed by atoms with Crippen molar-refractivity contribution in [2.24, 2.45) is 5.92 Å². The third-order valence-electron chi connectivity index (χ3n) is 2.47. The zero-order valence-electron chi connectivity index (χ0n) is 5.69. The van der Waals surface area contributed by atoms with Crippen LogP contribution in [-0.2, 0) is 0 Å². The van der Waals surface area contributed by atoms with Gasteiger partial charge in [-0.05, 0) is 37.8 Å². The lowest BCUT2D eigenvalue weighted by Gasteiger charge is -2.17. The summed E-state index contributed by atoms with van der Waals surface area (Å²) in [5.74, 6) is 0.964. The molecule has 1 heterocycles. The Balaban J connectivity index is 2.16. The molecule has 0 bridgehead atoms. The first-order valence-corrected chi connectivity index (χ1v) is 3.89. The molecule has 0 saturated heterocycles. The number of allylic oxidation sites excluding steroid dienone is 1. The van der Waals surface area contributed by atoms with E-state index in [1.54, 1.807) is 5.57 Å². The van der Waals surface area contributed by atoms with Crippen LogP contribution in [0.2, 0.25) is 0 Å². The molecule has 50 valence electrons. The van der Waals surface area contributed by atoms with Crippen molar-refractivity contribution in [3.8, 4) is 0 Å². The van der Waals surface area contributed by atoms with E-state index in [0.29, 0.717) is 0 Å². The van der Waals surface area contributed by atoms with Gasteiger partial charge in [0.15, 0.2) is 0 Å². The van der Waals surface area contributed by atoms with Crippen molar-refractivity contribution in [2.75, 3.05) is 6.54 Å². The van der Waals surface area contributed by atoms with Gasteiger partial charge in [0.1, 0.15) is 0 Å². The number of rotatable bonds is 0. The Morgan fingerprint density at radius 2 is 2.44 bits per heavy atom. The topological polar surface area (TPSA) is 12.0 Å². The summed E-state index contributed by atoms with van der Waals surface area (Å²) in [5, 5.41) is 3.29. The molecule has 1 atom stereocenters. The summed E-state index contributed by atoms with van der Waals surface area (Å²) in [7, 11) is 0. The number of nitrogens with one attached hydrogen (secondary N) is 1. The molecule has 1 nitrogen and oxygen atoms in total. The molecule has 9 heavy (non-hydrogen) atoms. The maximum Gasteiger partial charge on any atom is 0.0147 e. The van der Waals surface area contributed by atoms with Crippen molar-refractivity contribution >= 4 is 0 Å². The molecular weight excluding hydrogens is 110 g/mol. The molecule has 0 aromatic rings. The Kier molecular flexibility index (Phi) is 1.22. The van der Waals surface area contributed by atoms with E-state index < -0.39 is 0 Å². The third-order valence-corrected chi connectivity index (χ3v) is 2.47. The Bertz CT molecular complexity index is 138. The standard InChI is InChI=1S/C8H13N/c1-2-7-4-5-9-6-8(7)3-1/h6-7,9H,1-5H2. The predicted octanol–water partition coefficient (Wildman–Crippen LogP) is 1.66. The molecule has 2 rings (SSSR count). The van der Waals surface area contributed by atoms with Crippen LogP contribution in [0.25, 0.3) is 0 Å². The van der Waals surface area contributed by atoms with Crippen LogP contribution in [-0.4, -0.2) is 6.54 Å². The molecule has 0 radical (unpaired) electrons. The van der Waals surface area contributed by atoms with Gasteiger partial charge in [0.2, 0.25) is 0 Å². The minimum Gasteiger partial charge on any atom is -0.391 e. The first kappa shape index (κ1) is 5.33. The fourth-order valence-electron chi connectivity index (χ4n) is 1.92. The van der Waals surface area contributed by atoms with E-state index in [1.165, 1.54) is 32.2 Å². The predicted molar refractivity (Wildman–Crippen MR) is 38.0 cm³/mol. The zero-order valence-corrected chi connectivity index (χ0v) is 5.69. The molecule has 2 aliphatic rings. The smallest absolute Gasteiger partial charge is 0.0147 e. The molecule has 0 spiro atoms. The summed E-state index contributed by atoms with van der Waals surface area (Å²) in [6, 6.07) is 0. The largest absolute Gasteiger partial charge is 0.391 e. The van der Waals surface area contributed by atoms with Crippen LogP contribution in [0.15, 0.2) is 11.8 Å². The molecule has 1 heteroatoms.